The molecule has 0 bridgehead atoms. The van der Waals surface area contributed by atoms with Crippen LogP contribution in [-0.2, 0) is 4.79 Å². The number of halogens is 1. The maximum absolute atomic E-state index is 11.2. The first-order valence-electron chi connectivity index (χ1n) is 6.28. The van der Waals surface area contributed by atoms with Crippen molar-refractivity contribution in [2.75, 3.05) is 4.43 Å². The Kier molecular flexibility index (Phi) is 6.01. The van der Waals surface area contributed by atoms with E-state index in [2.05, 4.69) is 49.4 Å². The average molecular weight is 334 g/mol. The van der Waals surface area contributed by atoms with Gasteiger partial charge in [0.05, 0.1) is 0 Å². The molecule has 1 aliphatic rings. The Morgan fingerprint density at radius 3 is 2.75 bits per heavy atom. The lowest BCUT2D eigenvalue weighted by molar-refractivity contribution is -0.113. The van der Waals surface area contributed by atoms with E-state index in [1.54, 1.807) is 0 Å². The maximum Gasteiger partial charge on any atom is 0.123 e. The van der Waals surface area contributed by atoms with E-state index < -0.39 is 0 Å². The summed E-state index contributed by atoms with van der Waals surface area (Å²) in [7, 11) is 0. The van der Waals surface area contributed by atoms with E-state index in [1.807, 2.05) is 0 Å². The van der Waals surface area contributed by atoms with Crippen LogP contribution in [-0.4, -0.2) is 10.7 Å². The van der Waals surface area contributed by atoms with Gasteiger partial charge in [-0.2, -0.15) is 0 Å². The van der Waals surface area contributed by atoms with Gasteiger partial charge in [0.1, 0.15) is 6.29 Å². The SMILES string of the molecule is CC1=C[C@@H]([C@H](CCI)C(C)C)[C@H](C=O)CC1. The Morgan fingerprint density at radius 2 is 2.25 bits per heavy atom. The predicted molar refractivity (Wildman–Crippen MR) is 77.9 cm³/mol. The number of rotatable bonds is 5. The van der Waals surface area contributed by atoms with Crippen LogP contribution in [0.5, 0.6) is 0 Å². The zero-order valence-electron chi connectivity index (χ0n) is 10.6. The van der Waals surface area contributed by atoms with Gasteiger partial charge in [-0.1, -0.05) is 48.1 Å². The van der Waals surface area contributed by atoms with Gasteiger partial charge in [-0.3, -0.25) is 0 Å². The maximum atomic E-state index is 11.2. The molecule has 0 saturated heterocycles. The van der Waals surface area contributed by atoms with Gasteiger partial charge in [-0.25, -0.2) is 0 Å². The highest BCUT2D eigenvalue weighted by Gasteiger charge is 2.31. The van der Waals surface area contributed by atoms with Crippen LogP contribution in [0.1, 0.15) is 40.0 Å². The molecular formula is C14H23IO. The normalized spacial score (nSPS) is 27.7. The van der Waals surface area contributed by atoms with Crippen molar-refractivity contribution in [1.82, 2.24) is 0 Å². The summed E-state index contributed by atoms with van der Waals surface area (Å²) in [6.07, 6.45) is 6.96. The number of aldehydes is 1. The Labute approximate surface area is 113 Å². The van der Waals surface area contributed by atoms with Crippen LogP contribution in [0.25, 0.3) is 0 Å². The fraction of sp³-hybridized carbons (Fsp3) is 0.786. The van der Waals surface area contributed by atoms with Crippen molar-refractivity contribution in [3.05, 3.63) is 11.6 Å². The molecule has 0 aromatic carbocycles. The Hall–Kier alpha value is 0.140. The van der Waals surface area contributed by atoms with Crippen molar-refractivity contribution in [3.8, 4) is 0 Å². The molecular weight excluding hydrogens is 311 g/mol. The van der Waals surface area contributed by atoms with Crippen molar-refractivity contribution in [1.29, 1.82) is 0 Å². The standard InChI is InChI=1S/C14H23IO/c1-10(2)13(6-7-15)14-8-11(3)4-5-12(14)9-16/h8-10,12-14H,4-7H2,1-3H3/t12-,13+,14+/m0/s1. The Bertz CT molecular complexity index is 257. The highest BCUT2D eigenvalue weighted by molar-refractivity contribution is 14.1. The number of hydrogen-bond acceptors (Lipinski definition) is 1. The number of carbonyl (C=O) groups excluding carboxylic acids is 1. The highest BCUT2D eigenvalue weighted by Crippen LogP contribution is 2.37. The predicted octanol–water partition coefficient (Wildman–Crippen LogP) is 4.26. The first kappa shape index (κ1) is 14.2. The molecule has 1 aliphatic carbocycles. The molecule has 3 atom stereocenters. The summed E-state index contributed by atoms with van der Waals surface area (Å²) in [5.74, 6) is 2.09. The second-order valence-corrected chi connectivity index (χ2v) is 6.39. The van der Waals surface area contributed by atoms with Crippen LogP contribution in [0.2, 0.25) is 0 Å². The second kappa shape index (κ2) is 6.77. The van der Waals surface area contributed by atoms with Crippen LogP contribution >= 0.6 is 22.6 Å². The molecule has 1 rings (SSSR count). The van der Waals surface area contributed by atoms with Crippen LogP contribution in [0, 0.1) is 23.7 Å². The van der Waals surface area contributed by atoms with Crippen LogP contribution in [0.3, 0.4) is 0 Å². The summed E-state index contributed by atoms with van der Waals surface area (Å²) in [6.45, 7) is 6.78. The van der Waals surface area contributed by atoms with Crippen molar-refractivity contribution in [2.24, 2.45) is 23.7 Å². The third kappa shape index (κ3) is 3.57. The van der Waals surface area contributed by atoms with Crippen molar-refractivity contribution < 1.29 is 4.79 Å². The minimum Gasteiger partial charge on any atom is -0.303 e. The Morgan fingerprint density at radius 1 is 1.56 bits per heavy atom. The lowest BCUT2D eigenvalue weighted by atomic mass is 9.70. The molecule has 0 radical (unpaired) electrons. The monoisotopic (exact) mass is 334 g/mol. The van der Waals surface area contributed by atoms with Crippen LogP contribution in [0.4, 0.5) is 0 Å². The fourth-order valence-electron chi connectivity index (χ4n) is 2.82. The van der Waals surface area contributed by atoms with E-state index in [0.29, 0.717) is 17.8 Å². The second-order valence-electron chi connectivity index (χ2n) is 5.31. The summed E-state index contributed by atoms with van der Waals surface area (Å²) < 4.78 is 1.19. The molecule has 0 aromatic heterocycles. The molecule has 0 aromatic rings. The van der Waals surface area contributed by atoms with Gasteiger partial charge in [0, 0.05) is 5.92 Å². The molecule has 0 heterocycles. The third-order valence-electron chi connectivity index (χ3n) is 3.81. The number of carbonyl (C=O) groups is 1. The molecule has 0 unspecified atom stereocenters. The summed E-state index contributed by atoms with van der Waals surface area (Å²) in [5.41, 5.74) is 1.47. The number of alkyl halides is 1. The molecule has 16 heavy (non-hydrogen) atoms. The van der Waals surface area contributed by atoms with Gasteiger partial charge in [-0.05, 0) is 48.4 Å². The van der Waals surface area contributed by atoms with Crippen molar-refractivity contribution >= 4 is 28.9 Å². The summed E-state index contributed by atoms with van der Waals surface area (Å²) in [4.78, 5) is 11.2. The van der Waals surface area contributed by atoms with Crippen LogP contribution in [0.15, 0.2) is 11.6 Å². The van der Waals surface area contributed by atoms with Crippen LogP contribution < -0.4 is 0 Å². The average Bonchev–Trinajstić information content (AvgIpc) is 2.25. The van der Waals surface area contributed by atoms with E-state index in [0.717, 1.165) is 12.8 Å². The Balaban J connectivity index is 2.85. The van der Waals surface area contributed by atoms with Gasteiger partial charge in [0.25, 0.3) is 0 Å². The smallest absolute Gasteiger partial charge is 0.123 e. The van der Waals surface area contributed by atoms with E-state index in [4.69, 9.17) is 0 Å². The van der Waals surface area contributed by atoms with Crippen molar-refractivity contribution in [2.45, 2.75) is 40.0 Å². The van der Waals surface area contributed by atoms with Gasteiger partial charge in [0.2, 0.25) is 0 Å². The molecule has 0 spiro atoms. The third-order valence-corrected chi connectivity index (χ3v) is 4.43. The van der Waals surface area contributed by atoms with E-state index in [9.17, 15) is 4.79 Å². The topological polar surface area (TPSA) is 17.1 Å². The van der Waals surface area contributed by atoms with E-state index in [-0.39, 0.29) is 5.92 Å². The molecule has 92 valence electrons. The van der Waals surface area contributed by atoms with Gasteiger partial charge in [0.15, 0.2) is 0 Å². The molecule has 0 aliphatic heterocycles. The summed E-state index contributed by atoms with van der Waals surface area (Å²) in [5, 5.41) is 0. The number of hydrogen-bond donors (Lipinski definition) is 0. The molecule has 2 heteroatoms. The van der Waals surface area contributed by atoms with Crippen molar-refractivity contribution in [3.63, 3.8) is 0 Å². The van der Waals surface area contributed by atoms with Gasteiger partial charge < -0.3 is 4.79 Å². The lowest BCUT2D eigenvalue weighted by Crippen LogP contribution is -2.29. The molecule has 0 amide bonds. The lowest BCUT2D eigenvalue weighted by Gasteiger charge is -2.34. The van der Waals surface area contributed by atoms with Gasteiger partial charge in [-0.15, -0.1) is 0 Å². The molecule has 0 saturated carbocycles. The zero-order valence-corrected chi connectivity index (χ0v) is 12.7. The summed E-state index contributed by atoms with van der Waals surface area (Å²) >= 11 is 2.45. The largest absolute Gasteiger partial charge is 0.303 e. The number of allylic oxidation sites excluding steroid dienone is 2. The molecule has 1 nitrogen and oxygen atoms in total. The molecule has 0 fully saturated rings. The highest BCUT2D eigenvalue weighted by atomic mass is 127. The fourth-order valence-corrected chi connectivity index (χ4v) is 3.54. The minimum absolute atomic E-state index is 0.263. The van der Waals surface area contributed by atoms with E-state index in [1.165, 1.54) is 22.7 Å². The summed E-state index contributed by atoms with van der Waals surface area (Å²) in [6, 6.07) is 0. The first-order chi connectivity index (χ1) is 7.60. The zero-order chi connectivity index (χ0) is 12.1. The van der Waals surface area contributed by atoms with E-state index >= 15 is 0 Å². The quantitative estimate of drug-likeness (QED) is 0.318. The molecule has 0 N–H and O–H groups in total. The minimum atomic E-state index is 0.263. The first-order valence-corrected chi connectivity index (χ1v) is 7.81. The van der Waals surface area contributed by atoms with Gasteiger partial charge >= 0.3 is 0 Å².